The van der Waals surface area contributed by atoms with E-state index in [0.29, 0.717) is 6.07 Å². The molecule has 0 bridgehead atoms. The maximum Gasteiger partial charge on any atom is 0.328 e. The van der Waals surface area contributed by atoms with Crippen molar-refractivity contribution in [2.45, 2.75) is 13.0 Å². The molecule has 0 fully saturated rings. The summed E-state index contributed by atoms with van der Waals surface area (Å²) in [5.74, 6) is -2.26. The van der Waals surface area contributed by atoms with Gasteiger partial charge in [-0.05, 0) is 19.1 Å². The molecule has 1 atom stereocenters. The van der Waals surface area contributed by atoms with E-state index in [9.17, 15) is 18.4 Å². The molecule has 0 aliphatic rings. The van der Waals surface area contributed by atoms with Gasteiger partial charge in [-0.15, -0.1) is 5.10 Å². The van der Waals surface area contributed by atoms with Crippen LogP contribution in [0.3, 0.4) is 0 Å². The number of carbonyl (C=O) groups is 1. The molecular formula is C14H11F2N5O3. The van der Waals surface area contributed by atoms with Crippen LogP contribution in [0.2, 0.25) is 0 Å². The molecule has 3 aromatic rings. The molecule has 0 spiro atoms. The highest BCUT2D eigenvalue weighted by molar-refractivity contribution is 5.75. The van der Waals surface area contributed by atoms with Gasteiger partial charge in [0.25, 0.3) is 5.56 Å². The van der Waals surface area contributed by atoms with Gasteiger partial charge in [0.05, 0.1) is 7.11 Å². The van der Waals surface area contributed by atoms with E-state index in [1.54, 1.807) is 0 Å². The van der Waals surface area contributed by atoms with Crippen molar-refractivity contribution < 1.29 is 18.3 Å². The van der Waals surface area contributed by atoms with Crippen LogP contribution in [0.15, 0.2) is 29.3 Å². The Labute approximate surface area is 133 Å². The Morgan fingerprint density at radius 3 is 2.75 bits per heavy atom. The Morgan fingerprint density at radius 1 is 1.33 bits per heavy atom. The maximum atomic E-state index is 13.9. The van der Waals surface area contributed by atoms with Gasteiger partial charge in [-0.25, -0.2) is 18.6 Å². The number of fused-ring (bicyclic) bond motifs is 1. The Bertz CT molecular complexity index is 998. The SMILES string of the molecule is COC(=O)C(C)n1cnc2c(nnn2-c2ccc(F)cc2F)c1=O. The second-order valence-corrected chi connectivity index (χ2v) is 4.93. The van der Waals surface area contributed by atoms with Crippen LogP contribution in [0, 0.1) is 11.6 Å². The van der Waals surface area contributed by atoms with Crippen molar-refractivity contribution in [3.05, 3.63) is 46.5 Å². The standard InChI is InChI=1S/C14H11F2N5O3/c1-7(14(23)24-2)20-6-17-12-11(13(20)22)18-19-21(12)10-4-3-8(15)5-9(10)16/h3-7H,1-2H3. The van der Waals surface area contributed by atoms with Crippen LogP contribution in [0.4, 0.5) is 8.78 Å². The Balaban J connectivity index is 2.17. The molecule has 8 nitrogen and oxygen atoms in total. The topological polar surface area (TPSA) is 91.9 Å². The summed E-state index contributed by atoms with van der Waals surface area (Å²) in [5.41, 5.74) is -0.910. The summed E-state index contributed by atoms with van der Waals surface area (Å²) in [6, 6.07) is 1.98. The highest BCUT2D eigenvalue weighted by atomic mass is 19.1. The highest BCUT2D eigenvalue weighted by Gasteiger charge is 2.21. The first-order valence-electron chi connectivity index (χ1n) is 6.80. The predicted molar refractivity (Wildman–Crippen MR) is 77.6 cm³/mol. The maximum absolute atomic E-state index is 13.9. The van der Waals surface area contributed by atoms with E-state index in [-0.39, 0.29) is 16.9 Å². The molecule has 0 saturated carbocycles. The summed E-state index contributed by atoms with van der Waals surface area (Å²) in [4.78, 5) is 28.0. The fourth-order valence-electron chi connectivity index (χ4n) is 2.20. The Hall–Kier alpha value is -3.17. The smallest absolute Gasteiger partial charge is 0.328 e. The largest absolute Gasteiger partial charge is 0.467 e. The molecule has 3 rings (SSSR count). The van der Waals surface area contributed by atoms with E-state index in [4.69, 9.17) is 0 Å². The average molecular weight is 335 g/mol. The van der Waals surface area contributed by atoms with Gasteiger partial charge in [-0.2, -0.15) is 4.68 Å². The van der Waals surface area contributed by atoms with Crippen molar-refractivity contribution >= 4 is 17.1 Å². The van der Waals surface area contributed by atoms with E-state index in [1.165, 1.54) is 14.0 Å². The fourth-order valence-corrected chi connectivity index (χ4v) is 2.20. The molecular weight excluding hydrogens is 324 g/mol. The van der Waals surface area contributed by atoms with Gasteiger partial charge in [-0.1, -0.05) is 5.21 Å². The third-order valence-electron chi connectivity index (χ3n) is 3.49. The van der Waals surface area contributed by atoms with Gasteiger partial charge < -0.3 is 4.74 Å². The summed E-state index contributed by atoms with van der Waals surface area (Å²) < 4.78 is 33.5. The van der Waals surface area contributed by atoms with Crippen LogP contribution in [-0.2, 0) is 9.53 Å². The third kappa shape index (κ3) is 2.41. The Kier molecular flexibility index (Phi) is 3.80. The van der Waals surface area contributed by atoms with Gasteiger partial charge in [-0.3, -0.25) is 9.36 Å². The molecule has 1 unspecified atom stereocenters. The molecule has 2 heterocycles. The minimum Gasteiger partial charge on any atom is -0.467 e. The lowest BCUT2D eigenvalue weighted by molar-refractivity contribution is -0.144. The number of hydrogen-bond acceptors (Lipinski definition) is 6. The van der Waals surface area contributed by atoms with Gasteiger partial charge in [0.2, 0.25) is 0 Å². The van der Waals surface area contributed by atoms with E-state index in [1.807, 2.05) is 0 Å². The number of aromatic nitrogens is 5. The van der Waals surface area contributed by atoms with E-state index in [2.05, 4.69) is 20.0 Å². The lowest BCUT2D eigenvalue weighted by Gasteiger charge is -2.11. The monoisotopic (exact) mass is 335 g/mol. The molecule has 0 saturated heterocycles. The molecule has 0 aliphatic carbocycles. The van der Waals surface area contributed by atoms with Crippen molar-refractivity contribution in [1.82, 2.24) is 24.5 Å². The second-order valence-electron chi connectivity index (χ2n) is 4.93. The summed E-state index contributed by atoms with van der Waals surface area (Å²) >= 11 is 0. The molecule has 0 aliphatic heterocycles. The van der Waals surface area contributed by atoms with Crippen LogP contribution in [0.1, 0.15) is 13.0 Å². The van der Waals surface area contributed by atoms with Crippen LogP contribution in [-0.4, -0.2) is 37.6 Å². The van der Waals surface area contributed by atoms with Crippen LogP contribution in [0.5, 0.6) is 0 Å². The zero-order chi connectivity index (χ0) is 17.4. The molecule has 0 radical (unpaired) electrons. The second kappa shape index (κ2) is 5.80. The molecule has 0 N–H and O–H groups in total. The molecule has 124 valence electrons. The molecule has 24 heavy (non-hydrogen) atoms. The lowest BCUT2D eigenvalue weighted by atomic mass is 10.3. The molecule has 1 aromatic carbocycles. The normalized spacial score (nSPS) is 12.3. The summed E-state index contributed by atoms with van der Waals surface area (Å²) in [6.45, 7) is 1.46. The van der Waals surface area contributed by atoms with Crippen molar-refractivity contribution in [1.29, 1.82) is 0 Å². The predicted octanol–water partition coefficient (Wildman–Crippen LogP) is 0.989. The van der Waals surface area contributed by atoms with Crippen molar-refractivity contribution in [3.8, 4) is 5.69 Å². The van der Waals surface area contributed by atoms with Crippen molar-refractivity contribution in [2.24, 2.45) is 0 Å². The first-order chi connectivity index (χ1) is 11.4. The zero-order valence-corrected chi connectivity index (χ0v) is 12.6. The average Bonchev–Trinajstić information content (AvgIpc) is 2.98. The number of rotatable bonds is 3. The summed E-state index contributed by atoms with van der Waals surface area (Å²) in [7, 11) is 1.20. The van der Waals surface area contributed by atoms with Crippen LogP contribution in [0.25, 0.3) is 16.9 Å². The Morgan fingerprint density at radius 2 is 2.08 bits per heavy atom. The van der Waals surface area contributed by atoms with Gasteiger partial charge in [0, 0.05) is 6.07 Å². The van der Waals surface area contributed by atoms with Crippen LogP contribution < -0.4 is 5.56 Å². The minimum absolute atomic E-state index is 0.0150. The molecule has 2 aromatic heterocycles. The number of carbonyl (C=O) groups excluding carboxylic acids is 1. The first-order valence-corrected chi connectivity index (χ1v) is 6.80. The fraction of sp³-hybridized carbons (Fsp3) is 0.214. The number of ether oxygens (including phenoxy) is 1. The van der Waals surface area contributed by atoms with E-state index < -0.39 is 29.2 Å². The van der Waals surface area contributed by atoms with Crippen LogP contribution >= 0.6 is 0 Å². The highest BCUT2D eigenvalue weighted by Crippen LogP contribution is 2.17. The van der Waals surface area contributed by atoms with Crippen molar-refractivity contribution in [2.75, 3.05) is 7.11 Å². The summed E-state index contributed by atoms with van der Waals surface area (Å²) in [5, 5.41) is 7.39. The van der Waals surface area contributed by atoms with Gasteiger partial charge in [0.1, 0.15) is 23.9 Å². The third-order valence-corrected chi connectivity index (χ3v) is 3.49. The number of nitrogens with zero attached hydrogens (tertiary/aromatic N) is 5. The van der Waals surface area contributed by atoms with Crippen molar-refractivity contribution in [3.63, 3.8) is 0 Å². The molecule has 10 heteroatoms. The number of hydrogen-bond donors (Lipinski definition) is 0. The first kappa shape index (κ1) is 15.7. The quantitative estimate of drug-likeness (QED) is 0.663. The lowest BCUT2D eigenvalue weighted by Crippen LogP contribution is -2.29. The van der Waals surface area contributed by atoms with E-state index in [0.717, 1.165) is 27.7 Å². The zero-order valence-electron chi connectivity index (χ0n) is 12.6. The van der Waals surface area contributed by atoms with E-state index >= 15 is 0 Å². The minimum atomic E-state index is -0.910. The number of methoxy groups -OCH3 is 1. The van der Waals surface area contributed by atoms with Gasteiger partial charge >= 0.3 is 5.97 Å². The number of benzene rings is 1. The number of esters is 1. The molecule has 0 amide bonds. The summed E-state index contributed by atoms with van der Waals surface area (Å²) in [6.07, 6.45) is 1.12. The van der Waals surface area contributed by atoms with Gasteiger partial charge in [0.15, 0.2) is 17.0 Å². The number of halogens is 2.